The van der Waals surface area contributed by atoms with Crippen molar-refractivity contribution in [2.24, 2.45) is 0 Å². The van der Waals surface area contributed by atoms with Crippen LogP contribution in [0.1, 0.15) is 31.0 Å². The van der Waals surface area contributed by atoms with E-state index in [1.165, 1.54) is 0 Å². The molecule has 0 saturated carbocycles. The lowest BCUT2D eigenvalue weighted by molar-refractivity contribution is 0.0795. The number of aromatic nitrogens is 2. The summed E-state index contributed by atoms with van der Waals surface area (Å²) in [6, 6.07) is 17.5. The van der Waals surface area contributed by atoms with Crippen molar-refractivity contribution in [1.29, 1.82) is 0 Å². The van der Waals surface area contributed by atoms with Gasteiger partial charge in [-0.05, 0) is 49.7 Å². The van der Waals surface area contributed by atoms with Gasteiger partial charge in [0.1, 0.15) is 11.5 Å². The predicted octanol–water partition coefficient (Wildman–Crippen LogP) is 4.59. The van der Waals surface area contributed by atoms with E-state index in [1.807, 2.05) is 66.2 Å². The molecule has 0 aliphatic carbocycles. The van der Waals surface area contributed by atoms with Gasteiger partial charge in [-0.15, -0.1) is 0 Å². The second-order valence-electron chi connectivity index (χ2n) is 8.06. The van der Waals surface area contributed by atoms with E-state index in [9.17, 15) is 5.11 Å². The van der Waals surface area contributed by atoms with Crippen LogP contribution in [0, 0.1) is 6.92 Å². The van der Waals surface area contributed by atoms with Gasteiger partial charge in [-0.2, -0.15) is 5.10 Å². The van der Waals surface area contributed by atoms with Crippen molar-refractivity contribution in [2.45, 2.75) is 39.3 Å². The number of aliphatic hydroxyl groups is 1. The number of ether oxygens (including phenoxy) is 3. The van der Waals surface area contributed by atoms with Crippen LogP contribution < -0.4 is 9.47 Å². The molecule has 178 valence electrons. The number of para-hydroxylation sites is 1. The van der Waals surface area contributed by atoms with Crippen LogP contribution in [0.5, 0.6) is 17.4 Å². The Morgan fingerprint density at radius 1 is 1.03 bits per heavy atom. The molecule has 3 aromatic rings. The zero-order valence-electron chi connectivity index (χ0n) is 20.0. The van der Waals surface area contributed by atoms with Gasteiger partial charge in [-0.3, -0.25) is 4.90 Å². The Hall–Kier alpha value is -2.87. The average Bonchev–Trinajstić information content (AvgIpc) is 3.13. The lowest BCUT2D eigenvalue weighted by Gasteiger charge is -2.25. The van der Waals surface area contributed by atoms with E-state index >= 15 is 0 Å². The molecular formula is C26H35N3O4. The first-order valence-corrected chi connectivity index (χ1v) is 11.4. The van der Waals surface area contributed by atoms with E-state index in [0.717, 1.165) is 35.5 Å². The van der Waals surface area contributed by atoms with Gasteiger partial charge in [0.2, 0.25) is 5.88 Å². The molecule has 1 aromatic heterocycles. The van der Waals surface area contributed by atoms with Gasteiger partial charge < -0.3 is 19.3 Å². The Morgan fingerprint density at radius 2 is 1.73 bits per heavy atom. The van der Waals surface area contributed by atoms with Crippen molar-refractivity contribution in [3.63, 3.8) is 0 Å². The van der Waals surface area contributed by atoms with E-state index in [1.54, 1.807) is 14.2 Å². The van der Waals surface area contributed by atoms with Crippen LogP contribution in [-0.2, 0) is 11.3 Å². The van der Waals surface area contributed by atoms with Gasteiger partial charge in [0.25, 0.3) is 0 Å². The van der Waals surface area contributed by atoms with Crippen LogP contribution in [-0.4, -0.2) is 59.8 Å². The van der Waals surface area contributed by atoms with Crippen molar-refractivity contribution in [2.75, 3.05) is 33.9 Å². The fraction of sp³-hybridized carbons (Fsp3) is 0.423. The molecule has 7 heteroatoms. The van der Waals surface area contributed by atoms with Crippen molar-refractivity contribution in [3.8, 4) is 23.1 Å². The van der Waals surface area contributed by atoms with Crippen molar-refractivity contribution < 1.29 is 19.3 Å². The lowest BCUT2D eigenvalue weighted by Crippen LogP contribution is -2.34. The first kappa shape index (κ1) is 24.8. The molecule has 0 amide bonds. The summed E-state index contributed by atoms with van der Waals surface area (Å²) in [6.07, 6.45) is 1.32. The normalized spacial score (nSPS) is 12.2. The van der Waals surface area contributed by atoms with Crippen LogP contribution in [0.15, 0.2) is 54.6 Å². The van der Waals surface area contributed by atoms with Gasteiger partial charge >= 0.3 is 0 Å². The zero-order valence-corrected chi connectivity index (χ0v) is 20.0. The van der Waals surface area contributed by atoms with Gasteiger partial charge in [0, 0.05) is 26.7 Å². The molecule has 1 N–H and O–H groups in total. The smallest absolute Gasteiger partial charge is 0.227 e. The molecule has 3 rings (SSSR count). The maximum Gasteiger partial charge on any atom is 0.227 e. The lowest BCUT2D eigenvalue weighted by atomic mass is 10.1. The van der Waals surface area contributed by atoms with Gasteiger partial charge in [-0.1, -0.05) is 31.5 Å². The molecule has 0 aliphatic rings. The predicted molar refractivity (Wildman–Crippen MR) is 129 cm³/mol. The number of hydrogen-bond acceptors (Lipinski definition) is 6. The maximum absolute atomic E-state index is 10.5. The summed E-state index contributed by atoms with van der Waals surface area (Å²) in [5.41, 5.74) is 2.79. The molecule has 0 radical (unpaired) electrons. The molecule has 1 atom stereocenters. The largest absolute Gasteiger partial charge is 0.497 e. The topological polar surface area (TPSA) is 69.0 Å². The molecule has 1 unspecified atom stereocenters. The first-order valence-electron chi connectivity index (χ1n) is 11.4. The second-order valence-corrected chi connectivity index (χ2v) is 8.06. The Bertz CT molecular complexity index is 973. The van der Waals surface area contributed by atoms with Crippen LogP contribution in [0.25, 0.3) is 5.69 Å². The fourth-order valence-electron chi connectivity index (χ4n) is 3.73. The van der Waals surface area contributed by atoms with E-state index in [2.05, 4.69) is 11.8 Å². The van der Waals surface area contributed by atoms with Gasteiger partial charge in [0.15, 0.2) is 0 Å². The quantitative estimate of drug-likeness (QED) is 0.408. The van der Waals surface area contributed by atoms with Crippen LogP contribution in [0.4, 0.5) is 0 Å². The minimum atomic E-state index is -0.387. The fourth-order valence-corrected chi connectivity index (χ4v) is 3.73. The summed E-state index contributed by atoms with van der Waals surface area (Å²) < 4.78 is 18.8. The third-order valence-corrected chi connectivity index (χ3v) is 5.50. The molecule has 0 fully saturated rings. The first-order chi connectivity index (χ1) is 16.0. The maximum atomic E-state index is 10.5. The molecule has 33 heavy (non-hydrogen) atoms. The molecule has 1 heterocycles. The SMILES string of the molecule is CCCC(O)CN(CCOC)Cc1c(C)nn(-c2ccccc2)c1Oc1ccc(OC)cc1. The Morgan fingerprint density at radius 3 is 2.36 bits per heavy atom. The highest BCUT2D eigenvalue weighted by molar-refractivity contribution is 5.44. The van der Waals surface area contributed by atoms with E-state index in [-0.39, 0.29) is 6.10 Å². The summed E-state index contributed by atoms with van der Waals surface area (Å²) in [6.45, 7) is 6.52. The summed E-state index contributed by atoms with van der Waals surface area (Å²) in [5.74, 6) is 2.13. The number of aliphatic hydroxyl groups excluding tert-OH is 1. The summed E-state index contributed by atoms with van der Waals surface area (Å²) in [4.78, 5) is 2.20. The standard InChI is InChI=1S/C26H35N3O4/c1-5-9-22(30)18-28(16-17-31-3)19-25-20(2)27-29(21-10-7-6-8-11-21)26(25)33-24-14-12-23(32-4)13-15-24/h6-8,10-15,22,30H,5,9,16-19H2,1-4H3. The van der Waals surface area contributed by atoms with Crippen LogP contribution >= 0.6 is 0 Å². The number of methoxy groups -OCH3 is 2. The molecule has 7 nitrogen and oxygen atoms in total. The Labute approximate surface area is 196 Å². The molecule has 0 saturated heterocycles. The third-order valence-electron chi connectivity index (χ3n) is 5.50. The van der Waals surface area contributed by atoms with Crippen molar-refractivity contribution >= 4 is 0 Å². The average molecular weight is 454 g/mol. The molecule has 0 bridgehead atoms. The van der Waals surface area contributed by atoms with Gasteiger partial charge in [0.05, 0.1) is 36.8 Å². The molecule has 0 aliphatic heterocycles. The zero-order chi connectivity index (χ0) is 23.6. The second kappa shape index (κ2) is 12.4. The number of hydrogen-bond donors (Lipinski definition) is 1. The summed E-state index contributed by atoms with van der Waals surface area (Å²) in [5, 5.41) is 15.3. The summed E-state index contributed by atoms with van der Waals surface area (Å²) >= 11 is 0. The highest BCUT2D eigenvalue weighted by Gasteiger charge is 2.22. The minimum absolute atomic E-state index is 0.387. The Balaban J connectivity index is 1.96. The number of nitrogens with zero attached hydrogens (tertiary/aromatic N) is 3. The van der Waals surface area contributed by atoms with Crippen molar-refractivity contribution in [1.82, 2.24) is 14.7 Å². The highest BCUT2D eigenvalue weighted by Crippen LogP contribution is 2.32. The monoisotopic (exact) mass is 453 g/mol. The Kier molecular flexibility index (Phi) is 9.30. The minimum Gasteiger partial charge on any atom is -0.497 e. The van der Waals surface area contributed by atoms with Crippen LogP contribution in [0.3, 0.4) is 0 Å². The number of rotatable bonds is 13. The number of benzene rings is 2. The molecular weight excluding hydrogens is 418 g/mol. The van der Waals surface area contributed by atoms with E-state index < -0.39 is 0 Å². The van der Waals surface area contributed by atoms with Gasteiger partial charge in [-0.25, -0.2) is 4.68 Å². The number of aryl methyl sites for hydroxylation is 1. The molecule has 2 aromatic carbocycles. The van der Waals surface area contributed by atoms with E-state index in [4.69, 9.17) is 19.3 Å². The van der Waals surface area contributed by atoms with E-state index in [0.29, 0.717) is 37.9 Å². The van der Waals surface area contributed by atoms with Crippen LogP contribution in [0.2, 0.25) is 0 Å². The molecule has 0 spiro atoms. The highest BCUT2D eigenvalue weighted by atomic mass is 16.5. The summed E-state index contributed by atoms with van der Waals surface area (Å²) in [7, 11) is 3.33. The van der Waals surface area contributed by atoms with Crippen molar-refractivity contribution in [3.05, 3.63) is 65.9 Å². The third kappa shape index (κ3) is 6.81.